The molecule has 10 heteroatoms. The Kier molecular flexibility index (Phi) is 6.51. The van der Waals surface area contributed by atoms with Crippen LogP contribution in [0.4, 0.5) is 9.18 Å². The van der Waals surface area contributed by atoms with Crippen molar-refractivity contribution in [3.63, 3.8) is 0 Å². The van der Waals surface area contributed by atoms with Crippen molar-refractivity contribution in [3.8, 4) is 17.0 Å². The van der Waals surface area contributed by atoms with Gasteiger partial charge in [-0.15, -0.1) is 0 Å². The number of rotatable bonds is 6. The fourth-order valence-electron chi connectivity index (χ4n) is 4.53. The molecule has 2 N–H and O–H groups in total. The molecule has 5 rings (SSSR count). The van der Waals surface area contributed by atoms with Crippen LogP contribution in [0.1, 0.15) is 56.1 Å². The Morgan fingerprint density at radius 3 is 2.73 bits per heavy atom. The van der Waals surface area contributed by atoms with Crippen molar-refractivity contribution < 1.29 is 23.5 Å². The Labute approximate surface area is 214 Å². The van der Waals surface area contributed by atoms with E-state index in [4.69, 9.17) is 9.47 Å². The third kappa shape index (κ3) is 5.52. The zero-order valence-corrected chi connectivity index (χ0v) is 21.6. The predicted molar refractivity (Wildman–Crippen MR) is 136 cm³/mol. The number of benzene rings is 1. The monoisotopic (exact) mass is 509 g/mol. The molecule has 3 heterocycles. The summed E-state index contributed by atoms with van der Waals surface area (Å²) in [5.74, 6) is 0.248. The molecule has 0 radical (unpaired) electrons. The number of hydrogen-bond acceptors (Lipinski definition) is 6. The fraction of sp³-hybridized carbons (Fsp3) is 0.481. The van der Waals surface area contributed by atoms with Crippen molar-refractivity contribution in [1.29, 1.82) is 0 Å². The molecule has 196 valence electrons. The number of aryl methyl sites for hydroxylation is 1. The maximum atomic E-state index is 14.0. The molecule has 1 aromatic carbocycles. The third-order valence-electron chi connectivity index (χ3n) is 6.54. The van der Waals surface area contributed by atoms with Crippen molar-refractivity contribution in [1.82, 2.24) is 25.2 Å². The number of nitrogens with zero attached hydrogens (tertiary/aromatic N) is 3. The molecule has 2 amide bonds. The van der Waals surface area contributed by atoms with E-state index in [0.717, 1.165) is 12.8 Å². The lowest BCUT2D eigenvalue weighted by Crippen LogP contribution is -2.40. The predicted octanol–water partition coefficient (Wildman–Crippen LogP) is 4.60. The van der Waals surface area contributed by atoms with E-state index in [1.807, 2.05) is 20.8 Å². The number of aromatic nitrogens is 3. The largest absolute Gasteiger partial charge is 0.492 e. The van der Waals surface area contributed by atoms with E-state index >= 15 is 0 Å². The standard InChI is InChI=1S/C27H32FN5O4/c1-15-21(25(34)32-18-9-10-33(12-18)26(35)37-27(2,3)4)23-24(31-15)22(29-14-30-23)19-8-7-17(28)11-20(19)36-13-16-5-6-16/h7-8,11,14,16,18,31H,5-6,9-10,12-13H2,1-4H3,(H,32,34)/t18-/m1/s1. The summed E-state index contributed by atoms with van der Waals surface area (Å²) < 4.78 is 25.4. The molecule has 37 heavy (non-hydrogen) atoms. The maximum Gasteiger partial charge on any atom is 0.410 e. The third-order valence-corrected chi connectivity index (χ3v) is 6.54. The van der Waals surface area contributed by atoms with Gasteiger partial charge in [0.05, 0.1) is 17.7 Å². The van der Waals surface area contributed by atoms with Crippen LogP contribution in [0, 0.1) is 18.7 Å². The van der Waals surface area contributed by atoms with E-state index < -0.39 is 5.60 Å². The first-order valence-electron chi connectivity index (χ1n) is 12.6. The number of nitrogens with one attached hydrogen (secondary N) is 2. The van der Waals surface area contributed by atoms with Crippen molar-refractivity contribution in [2.75, 3.05) is 19.7 Å². The van der Waals surface area contributed by atoms with Gasteiger partial charge in [-0.3, -0.25) is 4.79 Å². The van der Waals surface area contributed by atoms with Crippen LogP contribution in [0.3, 0.4) is 0 Å². The number of ether oxygens (including phenoxy) is 2. The molecule has 2 fully saturated rings. The molecule has 9 nitrogen and oxygen atoms in total. The van der Waals surface area contributed by atoms with Crippen molar-refractivity contribution >= 4 is 23.0 Å². The molecular weight excluding hydrogens is 477 g/mol. The van der Waals surface area contributed by atoms with Crippen LogP contribution in [0.15, 0.2) is 24.5 Å². The summed E-state index contributed by atoms with van der Waals surface area (Å²) in [6.07, 6.45) is 3.88. The topological polar surface area (TPSA) is 109 Å². The first kappa shape index (κ1) is 25.0. The lowest BCUT2D eigenvalue weighted by Gasteiger charge is -2.24. The normalized spacial score (nSPS) is 17.8. The summed E-state index contributed by atoms with van der Waals surface area (Å²) >= 11 is 0. The summed E-state index contributed by atoms with van der Waals surface area (Å²) in [5.41, 5.74) is 2.69. The van der Waals surface area contributed by atoms with E-state index in [-0.39, 0.29) is 23.9 Å². The smallest absolute Gasteiger partial charge is 0.410 e. The first-order chi connectivity index (χ1) is 17.6. The number of carbonyl (C=O) groups excluding carboxylic acids is 2. The van der Waals surface area contributed by atoms with E-state index in [2.05, 4.69) is 20.3 Å². The molecule has 0 bridgehead atoms. The summed E-state index contributed by atoms with van der Waals surface area (Å²) in [5, 5.41) is 3.04. The average molecular weight is 510 g/mol. The highest BCUT2D eigenvalue weighted by molar-refractivity contribution is 6.09. The quantitative estimate of drug-likeness (QED) is 0.503. The Morgan fingerprint density at radius 1 is 1.22 bits per heavy atom. The minimum atomic E-state index is -0.579. The lowest BCUT2D eigenvalue weighted by molar-refractivity contribution is 0.0290. The van der Waals surface area contributed by atoms with Crippen molar-refractivity contribution in [3.05, 3.63) is 41.6 Å². The van der Waals surface area contributed by atoms with E-state index in [9.17, 15) is 14.0 Å². The van der Waals surface area contributed by atoms with E-state index in [1.165, 1.54) is 18.5 Å². The molecular formula is C27H32FN5O4. The highest BCUT2D eigenvalue weighted by Gasteiger charge is 2.32. The van der Waals surface area contributed by atoms with Crippen LogP contribution in [-0.2, 0) is 4.74 Å². The zero-order valence-electron chi connectivity index (χ0n) is 21.6. The van der Waals surface area contributed by atoms with Gasteiger partial charge in [0, 0.05) is 36.5 Å². The molecule has 0 spiro atoms. The van der Waals surface area contributed by atoms with Gasteiger partial charge in [0.1, 0.15) is 34.7 Å². The SMILES string of the molecule is Cc1[nH]c2c(-c3ccc(F)cc3OCC3CC3)ncnc2c1C(=O)N[C@@H]1CCN(C(=O)OC(C)(C)C)C1. The minimum absolute atomic E-state index is 0.204. The Balaban J connectivity index is 1.38. The summed E-state index contributed by atoms with van der Waals surface area (Å²) in [6.45, 7) is 8.69. The highest BCUT2D eigenvalue weighted by atomic mass is 19.1. The van der Waals surface area contributed by atoms with Crippen molar-refractivity contribution in [2.24, 2.45) is 5.92 Å². The zero-order chi connectivity index (χ0) is 26.3. The number of aromatic amines is 1. The van der Waals surface area contributed by atoms with Crippen LogP contribution in [0.2, 0.25) is 0 Å². The number of likely N-dealkylation sites (tertiary alicyclic amines) is 1. The van der Waals surface area contributed by atoms with Gasteiger partial charge in [0.25, 0.3) is 5.91 Å². The number of H-pyrrole nitrogens is 1. The van der Waals surface area contributed by atoms with Crippen LogP contribution < -0.4 is 10.1 Å². The summed E-state index contributed by atoms with van der Waals surface area (Å²) in [6, 6.07) is 4.17. The van der Waals surface area contributed by atoms with Crippen LogP contribution in [-0.4, -0.2) is 63.2 Å². The molecule has 1 atom stereocenters. The van der Waals surface area contributed by atoms with Crippen LogP contribution in [0.5, 0.6) is 5.75 Å². The number of amides is 2. The number of fused-ring (bicyclic) bond motifs is 1. The summed E-state index contributed by atoms with van der Waals surface area (Å²) in [7, 11) is 0. The summed E-state index contributed by atoms with van der Waals surface area (Å²) in [4.78, 5) is 39.4. The second-order valence-electron chi connectivity index (χ2n) is 10.9. The lowest BCUT2D eigenvalue weighted by atomic mass is 10.1. The molecule has 2 aliphatic rings. The highest BCUT2D eigenvalue weighted by Crippen LogP contribution is 2.36. The molecule has 1 aliphatic heterocycles. The molecule has 2 aromatic heterocycles. The van der Waals surface area contributed by atoms with E-state index in [0.29, 0.717) is 71.3 Å². The van der Waals surface area contributed by atoms with Gasteiger partial charge in [-0.2, -0.15) is 0 Å². The number of carbonyl (C=O) groups is 2. The second-order valence-corrected chi connectivity index (χ2v) is 10.9. The Morgan fingerprint density at radius 2 is 2.00 bits per heavy atom. The van der Waals surface area contributed by atoms with Gasteiger partial charge >= 0.3 is 6.09 Å². The molecule has 3 aromatic rings. The van der Waals surface area contributed by atoms with Crippen LogP contribution in [0.25, 0.3) is 22.3 Å². The first-order valence-corrected chi connectivity index (χ1v) is 12.6. The fourth-order valence-corrected chi connectivity index (χ4v) is 4.53. The number of halogens is 1. The maximum absolute atomic E-state index is 14.0. The van der Waals surface area contributed by atoms with Gasteiger partial charge in [0.2, 0.25) is 0 Å². The second kappa shape index (κ2) is 9.64. The van der Waals surface area contributed by atoms with Gasteiger partial charge in [-0.25, -0.2) is 19.2 Å². The van der Waals surface area contributed by atoms with Gasteiger partial charge in [0.15, 0.2) is 0 Å². The molecule has 1 saturated heterocycles. The van der Waals surface area contributed by atoms with Gasteiger partial charge < -0.3 is 24.7 Å². The molecule has 1 saturated carbocycles. The number of hydrogen-bond donors (Lipinski definition) is 2. The minimum Gasteiger partial charge on any atom is -0.492 e. The average Bonchev–Trinajstić information content (AvgIpc) is 3.42. The van der Waals surface area contributed by atoms with Crippen LogP contribution >= 0.6 is 0 Å². The van der Waals surface area contributed by atoms with Gasteiger partial charge in [-0.05, 0) is 65.0 Å². The van der Waals surface area contributed by atoms with E-state index in [1.54, 1.807) is 17.9 Å². The molecule has 1 aliphatic carbocycles. The van der Waals surface area contributed by atoms with Crippen molar-refractivity contribution in [2.45, 2.75) is 58.6 Å². The van der Waals surface area contributed by atoms with Gasteiger partial charge in [-0.1, -0.05) is 0 Å². The Bertz CT molecular complexity index is 1340. The Hall–Kier alpha value is -3.69. The molecule has 0 unspecified atom stereocenters.